The number of rotatable bonds is 5. The van der Waals surface area contributed by atoms with Gasteiger partial charge in [-0.3, -0.25) is 4.98 Å². The van der Waals surface area contributed by atoms with Gasteiger partial charge in [0, 0.05) is 6.20 Å². The zero-order chi connectivity index (χ0) is 18.7. The predicted molar refractivity (Wildman–Crippen MR) is 89.2 cm³/mol. The summed E-state index contributed by atoms with van der Waals surface area (Å²) in [7, 11) is -4.50. The van der Waals surface area contributed by atoms with Gasteiger partial charge in [0.2, 0.25) is 10.0 Å². The van der Waals surface area contributed by atoms with Crippen molar-refractivity contribution >= 4 is 10.0 Å². The average Bonchev–Trinajstić information content (AvgIpc) is 2.65. The molecule has 4 nitrogen and oxygen atoms in total. The minimum atomic E-state index is -4.50. The van der Waals surface area contributed by atoms with Gasteiger partial charge in [0.1, 0.15) is 4.90 Å². The molecule has 1 N–H and O–H groups in total. The summed E-state index contributed by atoms with van der Waals surface area (Å²) in [5.74, 6) is -5.09. The number of halogens is 3. The lowest BCUT2D eigenvalue weighted by Gasteiger charge is -2.19. The number of pyridine rings is 1. The van der Waals surface area contributed by atoms with Crippen LogP contribution in [0.3, 0.4) is 0 Å². The van der Waals surface area contributed by atoms with Gasteiger partial charge < -0.3 is 0 Å². The molecule has 0 amide bonds. The van der Waals surface area contributed by atoms with Crippen LogP contribution < -0.4 is 4.72 Å². The molecule has 0 saturated heterocycles. The van der Waals surface area contributed by atoms with Gasteiger partial charge in [-0.1, -0.05) is 36.4 Å². The van der Waals surface area contributed by atoms with Crippen LogP contribution in [0.4, 0.5) is 13.2 Å². The van der Waals surface area contributed by atoms with E-state index >= 15 is 0 Å². The Bertz CT molecular complexity index is 974. The molecule has 0 spiro atoms. The minimum Gasteiger partial charge on any atom is -0.259 e. The van der Waals surface area contributed by atoms with E-state index in [1.54, 1.807) is 48.5 Å². The van der Waals surface area contributed by atoms with Crippen LogP contribution in [-0.2, 0) is 10.0 Å². The highest BCUT2D eigenvalue weighted by molar-refractivity contribution is 7.89. The number of nitrogens with one attached hydrogen (secondary N) is 1. The van der Waals surface area contributed by atoms with Crippen molar-refractivity contribution in [3.63, 3.8) is 0 Å². The van der Waals surface area contributed by atoms with Crippen molar-refractivity contribution < 1.29 is 21.6 Å². The van der Waals surface area contributed by atoms with Crippen LogP contribution in [-0.4, -0.2) is 13.4 Å². The fraction of sp³-hybridized carbons (Fsp3) is 0.0556. The Balaban J connectivity index is 2.06. The highest BCUT2D eigenvalue weighted by Gasteiger charge is 2.28. The van der Waals surface area contributed by atoms with Gasteiger partial charge in [-0.05, 0) is 29.8 Å². The van der Waals surface area contributed by atoms with Gasteiger partial charge in [0.05, 0.1) is 11.7 Å². The number of benzene rings is 2. The maximum atomic E-state index is 14.0. The van der Waals surface area contributed by atoms with Gasteiger partial charge in [0.15, 0.2) is 17.5 Å². The first-order chi connectivity index (χ1) is 12.4. The Morgan fingerprint density at radius 3 is 2.19 bits per heavy atom. The summed E-state index contributed by atoms with van der Waals surface area (Å²) in [5, 5.41) is 0. The SMILES string of the molecule is O=S(=O)(NC(c1ccccc1)c1ccccn1)c1ccc(F)c(F)c1F. The molecular formula is C18H13F3N2O2S. The van der Waals surface area contributed by atoms with E-state index < -0.39 is 38.4 Å². The van der Waals surface area contributed by atoms with Crippen LogP contribution in [0.1, 0.15) is 17.3 Å². The van der Waals surface area contributed by atoms with Crippen molar-refractivity contribution in [3.05, 3.63) is 95.6 Å². The second-order valence-corrected chi connectivity index (χ2v) is 7.08. The zero-order valence-electron chi connectivity index (χ0n) is 13.2. The molecule has 0 aliphatic rings. The molecule has 8 heteroatoms. The quantitative estimate of drug-likeness (QED) is 0.691. The number of nitrogens with zero attached hydrogens (tertiary/aromatic N) is 1. The summed E-state index contributed by atoms with van der Waals surface area (Å²) in [6.45, 7) is 0. The van der Waals surface area contributed by atoms with Crippen molar-refractivity contribution in [1.82, 2.24) is 9.71 Å². The highest BCUT2D eigenvalue weighted by Crippen LogP contribution is 2.25. The topological polar surface area (TPSA) is 59.1 Å². The summed E-state index contributed by atoms with van der Waals surface area (Å²) in [6, 6.07) is 13.7. The lowest BCUT2D eigenvalue weighted by Crippen LogP contribution is -2.31. The van der Waals surface area contributed by atoms with Gasteiger partial charge in [0.25, 0.3) is 0 Å². The molecule has 3 rings (SSSR count). The molecule has 26 heavy (non-hydrogen) atoms. The molecule has 1 heterocycles. The maximum Gasteiger partial charge on any atom is 0.244 e. The Hall–Kier alpha value is -2.71. The Labute approximate surface area is 148 Å². The maximum absolute atomic E-state index is 14.0. The van der Waals surface area contributed by atoms with E-state index in [1.807, 2.05) is 0 Å². The summed E-state index contributed by atoms with van der Waals surface area (Å²) in [5.41, 5.74) is 0.919. The van der Waals surface area contributed by atoms with E-state index in [0.717, 1.165) is 0 Å². The number of aromatic nitrogens is 1. The van der Waals surface area contributed by atoms with E-state index in [1.165, 1.54) is 6.20 Å². The van der Waals surface area contributed by atoms with E-state index in [2.05, 4.69) is 9.71 Å². The Kier molecular flexibility index (Phi) is 5.06. The number of hydrogen-bond donors (Lipinski definition) is 1. The fourth-order valence-electron chi connectivity index (χ4n) is 2.43. The van der Waals surface area contributed by atoms with E-state index in [4.69, 9.17) is 0 Å². The molecule has 1 unspecified atom stereocenters. The van der Waals surface area contributed by atoms with E-state index in [9.17, 15) is 21.6 Å². The van der Waals surface area contributed by atoms with Gasteiger partial charge in [-0.25, -0.2) is 21.6 Å². The van der Waals surface area contributed by atoms with Crippen LogP contribution in [0.2, 0.25) is 0 Å². The monoisotopic (exact) mass is 378 g/mol. The first-order valence-corrected chi connectivity index (χ1v) is 9.00. The van der Waals surface area contributed by atoms with Gasteiger partial charge in [-0.2, -0.15) is 4.72 Å². The third-order valence-electron chi connectivity index (χ3n) is 3.68. The molecule has 134 valence electrons. The van der Waals surface area contributed by atoms with Crippen molar-refractivity contribution in [2.24, 2.45) is 0 Å². The first-order valence-electron chi connectivity index (χ1n) is 7.52. The lowest BCUT2D eigenvalue weighted by atomic mass is 10.0. The Morgan fingerprint density at radius 2 is 1.54 bits per heavy atom. The molecule has 2 aromatic carbocycles. The van der Waals surface area contributed by atoms with Crippen LogP contribution >= 0.6 is 0 Å². The van der Waals surface area contributed by atoms with E-state index in [0.29, 0.717) is 23.4 Å². The standard InChI is InChI=1S/C18H13F3N2O2S/c19-13-9-10-15(17(21)16(13)20)26(24,25)23-18(12-6-2-1-3-7-12)14-8-4-5-11-22-14/h1-11,18,23H. The molecule has 0 aliphatic heterocycles. The van der Waals surface area contributed by atoms with Crippen molar-refractivity contribution in [3.8, 4) is 0 Å². The van der Waals surface area contributed by atoms with Crippen molar-refractivity contribution in [2.75, 3.05) is 0 Å². The lowest BCUT2D eigenvalue weighted by molar-refractivity contribution is 0.431. The second-order valence-electron chi connectivity index (χ2n) is 5.39. The molecule has 0 bridgehead atoms. The first kappa shape index (κ1) is 18.1. The molecule has 0 saturated carbocycles. The molecule has 1 aromatic heterocycles. The molecule has 3 aromatic rings. The van der Waals surface area contributed by atoms with Crippen molar-refractivity contribution in [1.29, 1.82) is 0 Å². The number of sulfonamides is 1. The summed E-state index contributed by atoms with van der Waals surface area (Å²) in [6.07, 6.45) is 1.48. The fourth-order valence-corrected chi connectivity index (χ4v) is 3.69. The molecule has 1 atom stereocenters. The van der Waals surface area contributed by atoms with Gasteiger partial charge >= 0.3 is 0 Å². The average molecular weight is 378 g/mol. The van der Waals surface area contributed by atoms with Crippen LogP contribution in [0.15, 0.2) is 71.8 Å². The largest absolute Gasteiger partial charge is 0.259 e. The second kappa shape index (κ2) is 7.27. The zero-order valence-corrected chi connectivity index (χ0v) is 14.1. The molecule has 0 fully saturated rings. The smallest absolute Gasteiger partial charge is 0.244 e. The molecule has 0 radical (unpaired) electrons. The summed E-state index contributed by atoms with van der Waals surface area (Å²) < 4.78 is 68.0. The minimum absolute atomic E-state index is 0.366. The number of hydrogen-bond acceptors (Lipinski definition) is 3. The molecule has 0 aliphatic carbocycles. The van der Waals surface area contributed by atoms with Crippen LogP contribution in [0.25, 0.3) is 0 Å². The summed E-state index contributed by atoms with van der Waals surface area (Å²) >= 11 is 0. The summed E-state index contributed by atoms with van der Waals surface area (Å²) in [4.78, 5) is 3.15. The van der Waals surface area contributed by atoms with Crippen LogP contribution in [0, 0.1) is 17.5 Å². The highest BCUT2D eigenvalue weighted by atomic mass is 32.2. The third-order valence-corrected chi connectivity index (χ3v) is 5.12. The van der Waals surface area contributed by atoms with E-state index in [-0.39, 0.29) is 0 Å². The van der Waals surface area contributed by atoms with Crippen molar-refractivity contribution in [2.45, 2.75) is 10.9 Å². The van der Waals surface area contributed by atoms with Gasteiger partial charge in [-0.15, -0.1) is 0 Å². The third kappa shape index (κ3) is 3.61. The molecular weight excluding hydrogens is 365 g/mol. The van der Waals surface area contributed by atoms with Crippen LogP contribution in [0.5, 0.6) is 0 Å². The predicted octanol–water partition coefficient (Wildman–Crippen LogP) is 3.57. The Morgan fingerprint density at radius 1 is 0.846 bits per heavy atom. The normalized spacial score (nSPS) is 12.7.